The van der Waals surface area contributed by atoms with Gasteiger partial charge in [-0.25, -0.2) is 28.5 Å². The van der Waals surface area contributed by atoms with Crippen molar-refractivity contribution in [3.05, 3.63) is 158 Å². The van der Waals surface area contributed by atoms with Gasteiger partial charge in [-0.1, -0.05) is 50.0 Å². The highest BCUT2D eigenvalue weighted by atomic mass is 35.5. The number of amides is 3. The van der Waals surface area contributed by atoms with Crippen molar-refractivity contribution in [3.63, 3.8) is 0 Å². The summed E-state index contributed by atoms with van der Waals surface area (Å²) in [6.07, 6.45) is 18.2. The first kappa shape index (κ1) is 69.6. The molecule has 12 heterocycles. The van der Waals surface area contributed by atoms with E-state index in [0.717, 1.165) is 165 Å². The fourth-order valence-corrected chi connectivity index (χ4v) is 15.7. The lowest BCUT2D eigenvalue weighted by Crippen LogP contribution is -2.38. The highest BCUT2D eigenvalue weighted by molar-refractivity contribution is 6.35. The summed E-state index contributed by atoms with van der Waals surface area (Å²) in [7, 11) is 3.13. The second-order valence-electron chi connectivity index (χ2n) is 28.0. The van der Waals surface area contributed by atoms with E-state index in [4.69, 9.17) is 62.9 Å². The third kappa shape index (κ3) is 15.0. The quantitative estimate of drug-likeness (QED) is 0.106. The number of anilines is 3. The number of benzene rings is 3. The molecule has 6 aliphatic heterocycles. The lowest BCUT2D eigenvalue weighted by atomic mass is 9.98. The summed E-state index contributed by atoms with van der Waals surface area (Å²) >= 11 is 12.7. The molecule has 3 amide bonds. The lowest BCUT2D eigenvalue weighted by molar-refractivity contribution is -0.0498. The Morgan fingerprint density at radius 2 is 0.900 bits per heavy atom. The predicted octanol–water partition coefficient (Wildman–Crippen LogP) is 14.7. The van der Waals surface area contributed by atoms with Crippen LogP contribution in [0.25, 0.3) is 16.9 Å². The van der Waals surface area contributed by atoms with Crippen molar-refractivity contribution >= 4 is 75.3 Å². The number of aryl methyl sites for hydroxylation is 3. The number of piperidine rings is 3. The van der Waals surface area contributed by atoms with Crippen LogP contribution in [0.15, 0.2) is 97.5 Å². The van der Waals surface area contributed by atoms with E-state index >= 15 is 0 Å². The van der Waals surface area contributed by atoms with Gasteiger partial charge < -0.3 is 43.6 Å². The molecule has 3 aromatic carbocycles. The van der Waals surface area contributed by atoms with Gasteiger partial charge in [-0.2, -0.15) is 24.1 Å². The van der Waals surface area contributed by atoms with Crippen LogP contribution in [0.3, 0.4) is 0 Å². The smallest absolute Gasteiger partial charge is 0.387 e. The number of methoxy groups -OCH3 is 2. The van der Waals surface area contributed by atoms with Gasteiger partial charge in [0.2, 0.25) is 0 Å². The standard InChI is InChI=1S/2C25H30ClN5O2.C25H29F2N5O2/c1-16-10-12-29(14-16)24-17(2)15-31-22(27-24)13-19(28-31)20-8-4-5-11-30(20)25(32)18-7-6-9-21(33-3)23(18)26;1-16-7-9-29(14-16)24-17(2)15-31-23(27-24)13-21(28-31)22-6-4-5-8-30(22)25(32)18-10-19(26)12-20(11-18)33-3;1-16-10-12-30(14-16)23-17(2)15-32-22(28-23)13-20(29-32)21-5-3-4-11-31(21)24(33)18-6-8-19(9-7-18)34-25(26)27/h6-7,9,13,15-16,20H,4-5,8,10-12,14H2,1-3H3;10-13,15-16,22H,4-9,14H2,1-3H3;6-9,13,15-16,21,25H,3-5,10-12,14H2,1-2H3/t16-,20-;16-,22-;16-,21-/m000/s1. The van der Waals surface area contributed by atoms with E-state index < -0.39 is 6.61 Å². The van der Waals surface area contributed by atoms with Gasteiger partial charge in [0.15, 0.2) is 16.9 Å². The number of ether oxygens (including phenoxy) is 3. The summed E-state index contributed by atoms with van der Waals surface area (Å²) in [6, 6.07) is 22.1. The number of fused-ring (bicyclic) bond motifs is 3. The Balaban J connectivity index is 0.000000134. The molecule has 0 N–H and O–H groups in total. The summed E-state index contributed by atoms with van der Waals surface area (Å²) in [6.45, 7) is 18.4. The van der Waals surface area contributed by atoms with E-state index in [1.807, 2.05) is 48.1 Å². The molecule has 6 saturated heterocycles. The molecule has 9 aromatic rings. The fraction of sp³-hybridized carbons (Fsp3) is 0.480. The number of rotatable bonds is 13. The summed E-state index contributed by atoms with van der Waals surface area (Å²) in [5.41, 5.74) is 9.77. The van der Waals surface area contributed by atoms with Crippen LogP contribution in [0.5, 0.6) is 17.2 Å². The SMILES string of the molecule is COc1cc(Cl)cc(C(=O)N2CCCC[C@H]2c2cc3nc(N4CC[C@H](C)C4)c(C)cn3n2)c1.COc1cccc(C(=O)N2CCCC[C@H]2c2cc3nc(N4CC[C@H](C)C4)c(C)cn3n2)c1Cl.Cc1cn2nc([C@@H]3CCCCN3C(=O)c3ccc(OC(F)F)cc3)cc2nc1N1CC[C@H](C)C1. The molecule has 21 nitrogen and oxygen atoms in total. The van der Waals surface area contributed by atoms with E-state index in [0.29, 0.717) is 75.6 Å². The highest BCUT2D eigenvalue weighted by Gasteiger charge is 2.36. The Hall–Kier alpha value is -8.83. The average Bonchev–Trinajstić information content (AvgIpc) is 1.63. The summed E-state index contributed by atoms with van der Waals surface area (Å²) in [4.78, 5) is 67.9. The zero-order valence-corrected chi connectivity index (χ0v) is 59.8. The summed E-state index contributed by atoms with van der Waals surface area (Å²) in [5, 5.41) is 15.3. The molecule has 100 heavy (non-hydrogen) atoms. The largest absolute Gasteiger partial charge is 0.497 e. The first-order valence-corrected chi connectivity index (χ1v) is 36.0. The molecular weight excluding hydrogens is 1320 g/mol. The lowest BCUT2D eigenvalue weighted by Gasteiger charge is -2.35. The van der Waals surface area contributed by atoms with Crippen molar-refractivity contribution in [3.8, 4) is 17.2 Å². The molecule has 0 aliphatic carbocycles. The summed E-state index contributed by atoms with van der Waals surface area (Å²) in [5.74, 6) is 5.98. The molecule has 6 atom stereocenters. The number of hydrogen-bond acceptors (Lipinski definition) is 15. The maximum absolute atomic E-state index is 13.5. The minimum atomic E-state index is -2.89. The third-order valence-electron chi connectivity index (χ3n) is 20.5. The van der Waals surface area contributed by atoms with Crippen molar-refractivity contribution in [2.24, 2.45) is 17.8 Å². The molecule has 6 fully saturated rings. The van der Waals surface area contributed by atoms with Crippen LogP contribution in [-0.4, -0.2) is 156 Å². The first-order valence-electron chi connectivity index (χ1n) is 35.3. The Morgan fingerprint density at radius 3 is 1.29 bits per heavy atom. The Morgan fingerprint density at radius 1 is 0.480 bits per heavy atom. The molecule has 6 aliphatic rings. The number of nitrogens with zero attached hydrogens (tertiary/aromatic N) is 15. The Labute approximate surface area is 592 Å². The van der Waals surface area contributed by atoms with Gasteiger partial charge in [-0.05, 0) is 170 Å². The zero-order chi connectivity index (χ0) is 70.0. The van der Waals surface area contributed by atoms with Crippen molar-refractivity contribution in [1.29, 1.82) is 0 Å². The fourth-order valence-electron chi connectivity index (χ4n) is 15.2. The number of alkyl halides is 2. The molecule has 0 radical (unpaired) electrons. The van der Waals surface area contributed by atoms with E-state index in [1.54, 1.807) is 55.1 Å². The molecule has 0 bridgehead atoms. The van der Waals surface area contributed by atoms with E-state index in [1.165, 1.54) is 43.5 Å². The van der Waals surface area contributed by atoms with Gasteiger partial charge in [0.25, 0.3) is 17.7 Å². The van der Waals surface area contributed by atoms with Crippen molar-refractivity contribution < 1.29 is 37.4 Å². The van der Waals surface area contributed by atoms with Crippen LogP contribution in [0, 0.1) is 38.5 Å². The predicted molar refractivity (Wildman–Crippen MR) is 383 cm³/mol. The van der Waals surface area contributed by atoms with Crippen molar-refractivity contribution in [2.45, 2.75) is 143 Å². The number of halogens is 4. The third-order valence-corrected chi connectivity index (χ3v) is 21.1. The molecule has 25 heteroatoms. The topological polar surface area (TPSA) is 189 Å². The Bertz CT molecular complexity index is 4450. The molecule has 0 spiro atoms. The van der Waals surface area contributed by atoms with Crippen molar-refractivity contribution in [1.82, 2.24) is 58.5 Å². The Kier molecular flexibility index (Phi) is 21.0. The van der Waals surface area contributed by atoms with Crippen molar-refractivity contribution in [2.75, 3.05) is 87.8 Å². The van der Waals surface area contributed by atoms with Gasteiger partial charge in [0.1, 0.15) is 34.7 Å². The number of carbonyl (C=O) groups excluding carboxylic acids is 3. The normalized spacial score (nSPS) is 21.1. The molecule has 528 valence electrons. The average molecular weight is 1410 g/mol. The molecular formula is C75H89Cl2F2N15O6. The number of hydrogen-bond donors (Lipinski definition) is 0. The minimum Gasteiger partial charge on any atom is -0.497 e. The molecule has 15 rings (SSSR count). The number of carbonyl (C=O) groups is 3. The second-order valence-corrected chi connectivity index (χ2v) is 28.8. The molecule has 0 unspecified atom stereocenters. The van der Waals surface area contributed by atoms with Gasteiger partial charge in [0.05, 0.1) is 60.0 Å². The summed E-state index contributed by atoms with van der Waals surface area (Å²) < 4.78 is 45.4. The highest BCUT2D eigenvalue weighted by Crippen LogP contribution is 2.39. The van der Waals surface area contributed by atoms with E-state index in [9.17, 15) is 23.2 Å². The number of aromatic nitrogens is 9. The van der Waals surface area contributed by atoms with Gasteiger partial charge in [0, 0.05) is 129 Å². The van der Waals surface area contributed by atoms with Crippen LogP contribution in [0.2, 0.25) is 10.0 Å². The van der Waals surface area contributed by atoms with Gasteiger partial charge >= 0.3 is 6.61 Å². The molecule has 0 saturated carbocycles. The van der Waals surface area contributed by atoms with Crippen LogP contribution < -0.4 is 28.9 Å². The van der Waals surface area contributed by atoms with E-state index in [2.05, 4.69) is 73.4 Å². The maximum Gasteiger partial charge on any atom is 0.387 e. The van der Waals surface area contributed by atoms with Crippen LogP contribution in [0.4, 0.5) is 26.2 Å². The monoisotopic (exact) mass is 1400 g/mol. The van der Waals surface area contributed by atoms with Crippen LogP contribution in [0.1, 0.15) is 181 Å². The first-order chi connectivity index (χ1) is 48.3. The minimum absolute atomic E-state index is 0.0340. The van der Waals surface area contributed by atoms with E-state index in [-0.39, 0.29) is 41.6 Å². The molecule has 6 aromatic heterocycles. The second kappa shape index (κ2) is 30.2. The maximum atomic E-state index is 13.5. The number of likely N-dealkylation sites (tertiary alicyclic amines) is 3. The zero-order valence-electron chi connectivity index (χ0n) is 58.3. The van der Waals surface area contributed by atoms with Crippen LogP contribution >= 0.6 is 23.2 Å². The van der Waals surface area contributed by atoms with Gasteiger partial charge in [-0.15, -0.1) is 0 Å². The van der Waals surface area contributed by atoms with Gasteiger partial charge in [-0.3, -0.25) is 14.4 Å². The van der Waals surface area contributed by atoms with Crippen LogP contribution in [-0.2, 0) is 0 Å².